The Balaban J connectivity index is 1.66. The van der Waals surface area contributed by atoms with Crippen LogP contribution >= 0.6 is 0 Å². The van der Waals surface area contributed by atoms with E-state index in [1.54, 1.807) is 11.2 Å². The summed E-state index contributed by atoms with van der Waals surface area (Å²) in [6.45, 7) is 2.40. The molecule has 0 saturated carbocycles. The van der Waals surface area contributed by atoms with Crippen LogP contribution in [0.5, 0.6) is 0 Å². The quantitative estimate of drug-likeness (QED) is 0.706. The average Bonchev–Trinajstić information content (AvgIpc) is 3.19. The van der Waals surface area contributed by atoms with Gasteiger partial charge in [0, 0.05) is 23.5 Å². The molecule has 1 atom stereocenters. The van der Waals surface area contributed by atoms with Gasteiger partial charge in [0.25, 0.3) is 0 Å². The van der Waals surface area contributed by atoms with E-state index in [-0.39, 0.29) is 29.9 Å². The van der Waals surface area contributed by atoms with Crippen molar-refractivity contribution in [2.75, 3.05) is 18.1 Å². The Morgan fingerprint density at radius 3 is 2.77 bits per heavy atom. The van der Waals surface area contributed by atoms with Gasteiger partial charge in [-0.2, -0.15) is 0 Å². The third-order valence-electron chi connectivity index (χ3n) is 5.19. The van der Waals surface area contributed by atoms with Gasteiger partial charge in [-0.3, -0.25) is 4.79 Å². The number of hydrogen-bond donors (Lipinski definition) is 0. The van der Waals surface area contributed by atoms with Crippen LogP contribution in [0.1, 0.15) is 18.9 Å². The number of carbonyl (C=O) groups is 1. The van der Waals surface area contributed by atoms with Gasteiger partial charge in [-0.15, -0.1) is 0 Å². The van der Waals surface area contributed by atoms with Gasteiger partial charge in [-0.25, -0.2) is 8.42 Å². The molecule has 1 aliphatic rings. The van der Waals surface area contributed by atoms with Crippen LogP contribution < -0.4 is 0 Å². The Kier molecular flexibility index (Phi) is 4.23. The molecule has 136 valence electrons. The number of fused-ring (bicyclic) bond motifs is 3. The van der Waals surface area contributed by atoms with Crippen LogP contribution in [0.3, 0.4) is 0 Å². The SMILES string of the molecule is CCN(C(=O)Cc1coc2ccc3ccccc3c12)C1CCS(=O)(=O)C1. The summed E-state index contributed by atoms with van der Waals surface area (Å²) in [5.74, 6) is 0.188. The molecular formula is C20H21NO4S. The first-order valence-electron chi connectivity index (χ1n) is 8.86. The maximum absolute atomic E-state index is 12.9. The summed E-state index contributed by atoms with van der Waals surface area (Å²) in [7, 11) is -3.02. The predicted octanol–water partition coefficient (Wildman–Crippen LogP) is 3.16. The summed E-state index contributed by atoms with van der Waals surface area (Å²) < 4.78 is 29.2. The number of carbonyl (C=O) groups excluding carboxylic acids is 1. The maximum Gasteiger partial charge on any atom is 0.227 e. The van der Waals surface area contributed by atoms with Crippen molar-refractivity contribution in [2.24, 2.45) is 0 Å². The Bertz CT molecular complexity index is 1080. The van der Waals surface area contributed by atoms with Crippen molar-refractivity contribution in [3.8, 4) is 0 Å². The van der Waals surface area contributed by atoms with Gasteiger partial charge in [0.15, 0.2) is 9.84 Å². The lowest BCUT2D eigenvalue weighted by Gasteiger charge is -2.26. The second kappa shape index (κ2) is 6.43. The van der Waals surface area contributed by atoms with E-state index in [2.05, 4.69) is 0 Å². The Morgan fingerprint density at radius 2 is 2.04 bits per heavy atom. The standard InChI is InChI=1S/C20H21NO4S/c1-2-21(16-9-10-26(23,24)13-16)19(22)11-15-12-25-18-8-7-14-5-3-4-6-17(14)20(15)18/h3-8,12,16H,2,9-11,13H2,1H3. The van der Waals surface area contributed by atoms with Crippen LogP contribution in [-0.2, 0) is 21.1 Å². The van der Waals surface area contributed by atoms with Gasteiger partial charge < -0.3 is 9.32 Å². The molecule has 1 amide bonds. The Labute approximate surface area is 152 Å². The van der Waals surface area contributed by atoms with Gasteiger partial charge in [-0.1, -0.05) is 30.3 Å². The van der Waals surface area contributed by atoms with Crippen molar-refractivity contribution in [1.82, 2.24) is 4.90 Å². The fourth-order valence-corrected chi connectivity index (χ4v) is 5.66. The lowest BCUT2D eigenvalue weighted by Crippen LogP contribution is -2.41. The summed E-state index contributed by atoms with van der Waals surface area (Å²) >= 11 is 0. The molecule has 1 saturated heterocycles. The van der Waals surface area contributed by atoms with E-state index in [9.17, 15) is 13.2 Å². The van der Waals surface area contributed by atoms with E-state index in [0.29, 0.717) is 13.0 Å². The zero-order chi connectivity index (χ0) is 18.3. The second-order valence-electron chi connectivity index (χ2n) is 6.83. The average molecular weight is 371 g/mol. The van der Waals surface area contributed by atoms with Crippen molar-refractivity contribution in [2.45, 2.75) is 25.8 Å². The van der Waals surface area contributed by atoms with Crippen LogP contribution in [0.15, 0.2) is 47.1 Å². The highest BCUT2D eigenvalue weighted by Gasteiger charge is 2.34. The van der Waals surface area contributed by atoms with Crippen LogP contribution in [0.4, 0.5) is 0 Å². The highest BCUT2D eigenvalue weighted by molar-refractivity contribution is 7.91. The van der Waals surface area contributed by atoms with Gasteiger partial charge in [0.1, 0.15) is 5.58 Å². The highest BCUT2D eigenvalue weighted by Crippen LogP contribution is 2.30. The van der Waals surface area contributed by atoms with E-state index >= 15 is 0 Å². The van der Waals surface area contributed by atoms with Crippen molar-refractivity contribution in [3.05, 3.63) is 48.2 Å². The smallest absolute Gasteiger partial charge is 0.227 e. The largest absolute Gasteiger partial charge is 0.464 e. The van der Waals surface area contributed by atoms with Crippen molar-refractivity contribution < 1.29 is 17.6 Å². The van der Waals surface area contributed by atoms with Crippen molar-refractivity contribution >= 4 is 37.5 Å². The minimum Gasteiger partial charge on any atom is -0.464 e. The zero-order valence-corrected chi connectivity index (χ0v) is 15.5. The first-order valence-corrected chi connectivity index (χ1v) is 10.7. The molecule has 4 rings (SSSR count). The molecule has 1 unspecified atom stereocenters. The number of benzene rings is 2. The summed E-state index contributed by atoms with van der Waals surface area (Å²) in [6.07, 6.45) is 2.39. The normalized spacial score (nSPS) is 19.2. The zero-order valence-electron chi connectivity index (χ0n) is 14.6. The molecular weight excluding hydrogens is 350 g/mol. The van der Waals surface area contributed by atoms with E-state index in [1.165, 1.54) is 0 Å². The first kappa shape index (κ1) is 17.1. The molecule has 0 bridgehead atoms. The van der Waals surface area contributed by atoms with E-state index in [0.717, 1.165) is 27.3 Å². The summed E-state index contributed by atoms with van der Waals surface area (Å²) in [5, 5.41) is 3.13. The van der Waals surface area contributed by atoms with E-state index < -0.39 is 9.84 Å². The molecule has 0 spiro atoms. The third-order valence-corrected chi connectivity index (χ3v) is 6.94. The Hall–Kier alpha value is -2.34. The molecule has 1 fully saturated rings. The highest BCUT2D eigenvalue weighted by atomic mass is 32.2. The minimum absolute atomic E-state index is 0.0507. The maximum atomic E-state index is 12.9. The molecule has 2 aromatic carbocycles. The Morgan fingerprint density at radius 1 is 1.23 bits per heavy atom. The number of sulfone groups is 1. The minimum atomic E-state index is -3.02. The number of likely N-dealkylation sites (N-methyl/N-ethyl adjacent to an activating group) is 1. The molecule has 0 N–H and O–H groups in total. The number of furan rings is 1. The van der Waals surface area contributed by atoms with Crippen molar-refractivity contribution in [1.29, 1.82) is 0 Å². The molecule has 2 heterocycles. The van der Waals surface area contributed by atoms with E-state index in [4.69, 9.17) is 4.42 Å². The summed E-state index contributed by atoms with van der Waals surface area (Å²) in [4.78, 5) is 14.6. The molecule has 1 aliphatic heterocycles. The lowest BCUT2D eigenvalue weighted by atomic mass is 10.0. The number of nitrogens with zero attached hydrogens (tertiary/aromatic N) is 1. The van der Waals surface area contributed by atoms with Gasteiger partial charge in [-0.05, 0) is 30.2 Å². The molecule has 6 heteroatoms. The fourth-order valence-electron chi connectivity index (χ4n) is 3.93. The second-order valence-corrected chi connectivity index (χ2v) is 9.06. The van der Waals surface area contributed by atoms with Gasteiger partial charge in [0.2, 0.25) is 5.91 Å². The molecule has 3 aromatic rings. The fraction of sp³-hybridized carbons (Fsp3) is 0.350. The van der Waals surface area contributed by atoms with Gasteiger partial charge >= 0.3 is 0 Å². The van der Waals surface area contributed by atoms with Crippen LogP contribution in [0.2, 0.25) is 0 Å². The van der Waals surface area contributed by atoms with Gasteiger partial charge in [0.05, 0.1) is 24.2 Å². The third kappa shape index (κ3) is 2.98. The topological polar surface area (TPSA) is 67.6 Å². The number of hydrogen-bond acceptors (Lipinski definition) is 4. The molecule has 0 aliphatic carbocycles. The number of rotatable bonds is 4. The summed E-state index contributed by atoms with van der Waals surface area (Å²) in [6, 6.07) is 11.7. The van der Waals surface area contributed by atoms with Crippen LogP contribution in [-0.4, -0.2) is 43.3 Å². The summed E-state index contributed by atoms with van der Waals surface area (Å²) in [5.41, 5.74) is 1.61. The molecule has 26 heavy (non-hydrogen) atoms. The molecule has 1 aromatic heterocycles. The monoisotopic (exact) mass is 371 g/mol. The lowest BCUT2D eigenvalue weighted by molar-refractivity contribution is -0.132. The number of amides is 1. The first-order chi connectivity index (χ1) is 12.5. The predicted molar refractivity (Wildman–Crippen MR) is 102 cm³/mol. The van der Waals surface area contributed by atoms with Crippen molar-refractivity contribution in [3.63, 3.8) is 0 Å². The molecule has 5 nitrogen and oxygen atoms in total. The van der Waals surface area contributed by atoms with E-state index in [1.807, 2.05) is 43.3 Å². The van der Waals surface area contributed by atoms with Crippen LogP contribution in [0, 0.1) is 0 Å². The molecule has 0 radical (unpaired) electrons. The van der Waals surface area contributed by atoms with Crippen LogP contribution in [0.25, 0.3) is 21.7 Å².